The number of aryl methyl sites for hydroxylation is 1. The summed E-state index contributed by atoms with van der Waals surface area (Å²) in [5.74, 6) is 2.60. The first-order valence-electron chi connectivity index (χ1n) is 6.18. The molecule has 0 bridgehead atoms. The van der Waals surface area contributed by atoms with Gasteiger partial charge in [-0.3, -0.25) is 4.79 Å². The standard InChI is InChI=1S/C13H18ClNO2/c1-2-11-3-4-12(17-11)13(16)15-7-5-10(9-14)6-8-15/h3-4,10H,2,5-9H2,1H3. The summed E-state index contributed by atoms with van der Waals surface area (Å²) >= 11 is 5.82. The van der Waals surface area contributed by atoms with Gasteiger partial charge in [0.1, 0.15) is 5.76 Å². The SMILES string of the molecule is CCc1ccc(C(=O)N2CCC(CCl)CC2)o1. The number of halogens is 1. The van der Waals surface area contributed by atoms with Crippen LogP contribution >= 0.6 is 11.6 Å². The molecule has 1 saturated heterocycles. The van der Waals surface area contributed by atoms with E-state index in [4.69, 9.17) is 16.0 Å². The van der Waals surface area contributed by atoms with Crippen LogP contribution in [0.15, 0.2) is 16.5 Å². The second kappa shape index (κ2) is 5.58. The molecule has 1 amide bonds. The molecule has 0 atom stereocenters. The van der Waals surface area contributed by atoms with Crippen molar-refractivity contribution in [3.63, 3.8) is 0 Å². The maximum absolute atomic E-state index is 12.1. The van der Waals surface area contributed by atoms with Gasteiger partial charge in [-0.05, 0) is 30.9 Å². The van der Waals surface area contributed by atoms with E-state index in [-0.39, 0.29) is 5.91 Å². The number of hydrogen-bond donors (Lipinski definition) is 0. The molecular formula is C13H18ClNO2. The summed E-state index contributed by atoms with van der Waals surface area (Å²) in [4.78, 5) is 14.0. The minimum atomic E-state index is 0.0118. The van der Waals surface area contributed by atoms with Crippen LogP contribution in [-0.4, -0.2) is 29.8 Å². The van der Waals surface area contributed by atoms with Crippen molar-refractivity contribution < 1.29 is 9.21 Å². The Morgan fingerprint density at radius 2 is 2.18 bits per heavy atom. The molecule has 0 N–H and O–H groups in total. The summed E-state index contributed by atoms with van der Waals surface area (Å²) in [6.07, 6.45) is 2.81. The van der Waals surface area contributed by atoms with Crippen molar-refractivity contribution in [1.29, 1.82) is 0 Å². The Balaban J connectivity index is 1.96. The average molecular weight is 256 g/mol. The fourth-order valence-electron chi connectivity index (χ4n) is 2.13. The Morgan fingerprint density at radius 3 is 2.71 bits per heavy atom. The van der Waals surface area contributed by atoms with E-state index in [0.29, 0.717) is 17.6 Å². The molecule has 1 aromatic heterocycles. The summed E-state index contributed by atoms with van der Waals surface area (Å²) < 4.78 is 5.48. The minimum absolute atomic E-state index is 0.0118. The van der Waals surface area contributed by atoms with Crippen molar-refractivity contribution >= 4 is 17.5 Å². The molecule has 1 fully saturated rings. The molecule has 1 aliphatic heterocycles. The summed E-state index contributed by atoms with van der Waals surface area (Å²) in [5, 5.41) is 0. The zero-order valence-corrected chi connectivity index (χ0v) is 10.9. The molecule has 0 spiro atoms. The van der Waals surface area contributed by atoms with Crippen LogP contribution in [0.2, 0.25) is 0 Å². The van der Waals surface area contributed by atoms with Crippen molar-refractivity contribution in [3.8, 4) is 0 Å². The van der Waals surface area contributed by atoms with E-state index in [0.717, 1.165) is 38.1 Å². The lowest BCUT2D eigenvalue weighted by Gasteiger charge is -2.30. The second-order valence-electron chi connectivity index (χ2n) is 4.51. The Hall–Kier alpha value is -0.960. The maximum atomic E-state index is 12.1. The number of amides is 1. The van der Waals surface area contributed by atoms with E-state index in [1.54, 1.807) is 6.07 Å². The molecule has 94 valence electrons. The molecule has 0 aliphatic carbocycles. The summed E-state index contributed by atoms with van der Waals surface area (Å²) in [6, 6.07) is 3.65. The number of nitrogens with zero attached hydrogens (tertiary/aromatic N) is 1. The van der Waals surface area contributed by atoms with Crippen LogP contribution in [0.25, 0.3) is 0 Å². The molecule has 4 heteroatoms. The fraction of sp³-hybridized carbons (Fsp3) is 0.615. The van der Waals surface area contributed by atoms with Crippen LogP contribution in [0.3, 0.4) is 0 Å². The average Bonchev–Trinajstić information content (AvgIpc) is 2.87. The molecule has 0 saturated carbocycles. The summed E-state index contributed by atoms with van der Waals surface area (Å²) in [6.45, 7) is 3.59. The molecule has 0 unspecified atom stereocenters. The van der Waals surface area contributed by atoms with Crippen molar-refractivity contribution in [2.24, 2.45) is 5.92 Å². The third-order valence-corrected chi connectivity index (χ3v) is 3.78. The quantitative estimate of drug-likeness (QED) is 0.778. The Morgan fingerprint density at radius 1 is 1.47 bits per heavy atom. The van der Waals surface area contributed by atoms with E-state index in [2.05, 4.69) is 0 Å². The second-order valence-corrected chi connectivity index (χ2v) is 4.82. The predicted octanol–water partition coefficient (Wildman–Crippen LogP) is 2.93. The molecule has 2 rings (SSSR count). The maximum Gasteiger partial charge on any atom is 0.289 e. The molecule has 2 heterocycles. The van der Waals surface area contributed by atoms with Crippen LogP contribution in [-0.2, 0) is 6.42 Å². The highest BCUT2D eigenvalue weighted by molar-refractivity contribution is 6.18. The van der Waals surface area contributed by atoms with Crippen LogP contribution in [0.5, 0.6) is 0 Å². The molecule has 0 aromatic carbocycles. The third kappa shape index (κ3) is 2.83. The predicted molar refractivity (Wildman–Crippen MR) is 67.4 cm³/mol. The van der Waals surface area contributed by atoms with Crippen molar-refractivity contribution in [3.05, 3.63) is 23.7 Å². The molecular weight excluding hydrogens is 238 g/mol. The van der Waals surface area contributed by atoms with E-state index < -0.39 is 0 Å². The van der Waals surface area contributed by atoms with Crippen molar-refractivity contribution in [1.82, 2.24) is 4.90 Å². The Labute approximate surface area is 107 Å². The lowest BCUT2D eigenvalue weighted by Crippen LogP contribution is -2.38. The van der Waals surface area contributed by atoms with E-state index >= 15 is 0 Å². The Bertz CT molecular complexity index is 381. The zero-order chi connectivity index (χ0) is 12.3. The van der Waals surface area contributed by atoms with Gasteiger partial charge in [0.15, 0.2) is 5.76 Å². The van der Waals surface area contributed by atoms with Crippen molar-refractivity contribution in [2.75, 3.05) is 19.0 Å². The highest BCUT2D eigenvalue weighted by Crippen LogP contribution is 2.20. The molecule has 1 aliphatic rings. The first kappa shape index (κ1) is 12.5. The molecule has 3 nitrogen and oxygen atoms in total. The monoisotopic (exact) mass is 255 g/mol. The highest BCUT2D eigenvalue weighted by atomic mass is 35.5. The smallest absolute Gasteiger partial charge is 0.289 e. The van der Waals surface area contributed by atoms with Crippen LogP contribution in [0, 0.1) is 5.92 Å². The number of furan rings is 1. The van der Waals surface area contributed by atoms with Gasteiger partial charge in [-0.2, -0.15) is 0 Å². The van der Waals surface area contributed by atoms with E-state index in [9.17, 15) is 4.79 Å². The normalized spacial score (nSPS) is 17.4. The van der Waals surface area contributed by atoms with Gasteiger partial charge in [0.05, 0.1) is 0 Å². The number of likely N-dealkylation sites (tertiary alicyclic amines) is 1. The molecule has 1 aromatic rings. The fourth-order valence-corrected chi connectivity index (χ4v) is 2.44. The van der Waals surface area contributed by atoms with Gasteiger partial charge in [0, 0.05) is 25.4 Å². The van der Waals surface area contributed by atoms with Crippen molar-refractivity contribution in [2.45, 2.75) is 26.2 Å². The highest BCUT2D eigenvalue weighted by Gasteiger charge is 2.24. The van der Waals surface area contributed by atoms with Gasteiger partial charge < -0.3 is 9.32 Å². The van der Waals surface area contributed by atoms with Gasteiger partial charge in [-0.1, -0.05) is 6.92 Å². The largest absolute Gasteiger partial charge is 0.456 e. The van der Waals surface area contributed by atoms with Crippen LogP contribution in [0.4, 0.5) is 0 Å². The minimum Gasteiger partial charge on any atom is -0.456 e. The number of rotatable bonds is 3. The van der Waals surface area contributed by atoms with Gasteiger partial charge in [-0.15, -0.1) is 11.6 Å². The summed E-state index contributed by atoms with van der Waals surface area (Å²) in [7, 11) is 0. The van der Waals surface area contributed by atoms with Crippen LogP contribution in [0.1, 0.15) is 36.1 Å². The number of carbonyl (C=O) groups is 1. The van der Waals surface area contributed by atoms with Crippen LogP contribution < -0.4 is 0 Å². The molecule has 0 radical (unpaired) electrons. The third-order valence-electron chi connectivity index (χ3n) is 3.34. The zero-order valence-electron chi connectivity index (χ0n) is 10.1. The molecule has 17 heavy (non-hydrogen) atoms. The summed E-state index contributed by atoms with van der Waals surface area (Å²) in [5.41, 5.74) is 0. The number of piperidine rings is 1. The van der Waals surface area contributed by atoms with Gasteiger partial charge in [0.2, 0.25) is 0 Å². The first-order valence-corrected chi connectivity index (χ1v) is 6.72. The number of hydrogen-bond acceptors (Lipinski definition) is 2. The lowest BCUT2D eigenvalue weighted by molar-refractivity contribution is 0.0664. The first-order chi connectivity index (χ1) is 8.24. The number of carbonyl (C=O) groups excluding carboxylic acids is 1. The van der Waals surface area contributed by atoms with Gasteiger partial charge >= 0.3 is 0 Å². The topological polar surface area (TPSA) is 33.5 Å². The lowest BCUT2D eigenvalue weighted by atomic mass is 9.99. The number of alkyl halides is 1. The Kier molecular flexibility index (Phi) is 4.11. The van der Waals surface area contributed by atoms with E-state index in [1.165, 1.54) is 0 Å². The van der Waals surface area contributed by atoms with Gasteiger partial charge in [-0.25, -0.2) is 0 Å². The van der Waals surface area contributed by atoms with E-state index in [1.807, 2.05) is 17.9 Å². The van der Waals surface area contributed by atoms with Gasteiger partial charge in [0.25, 0.3) is 5.91 Å².